The molecule has 1 N–H and O–H groups in total. The summed E-state index contributed by atoms with van der Waals surface area (Å²) < 4.78 is 0.974. The van der Waals surface area contributed by atoms with Gasteiger partial charge in [0.25, 0.3) is 5.91 Å². The van der Waals surface area contributed by atoms with Crippen LogP contribution in [0.2, 0.25) is 5.02 Å². The van der Waals surface area contributed by atoms with Crippen molar-refractivity contribution in [3.8, 4) is 0 Å². The first-order valence-corrected chi connectivity index (χ1v) is 8.54. The number of amides is 1. The summed E-state index contributed by atoms with van der Waals surface area (Å²) in [4.78, 5) is 14.9. The number of benzene rings is 1. The highest BCUT2D eigenvalue weighted by Gasteiger charge is 2.45. The molecular weight excluding hydrogens is 387 g/mol. The molecule has 0 saturated carbocycles. The van der Waals surface area contributed by atoms with Gasteiger partial charge in [-0.2, -0.15) is 0 Å². The highest BCUT2D eigenvalue weighted by Crippen LogP contribution is 2.35. The molecule has 3 atom stereocenters. The Hall–Kier alpha value is -0.330. The van der Waals surface area contributed by atoms with Crippen LogP contribution in [0.3, 0.4) is 0 Å². The zero-order valence-electron chi connectivity index (χ0n) is 11.4. The molecule has 0 spiro atoms. The van der Waals surface area contributed by atoms with Crippen LogP contribution < -0.4 is 5.32 Å². The average molecular weight is 405 g/mol. The van der Waals surface area contributed by atoms with Crippen LogP contribution in [-0.4, -0.2) is 36.5 Å². The number of halogens is 2. The van der Waals surface area contributed by atoms with Gasteiger partial charge in [0.15, 0.2) is 0 Å². The normalized spacial score (nSPS) is 28.8. The Balaban J connectivity index is 1.88. The lowest BCUT2D eigenvalue weighted by atomic mass is 9.93. The minimum atomic E-state index is 0.137. The Kier molecular flexibility index (Phi) is 4.24. The average Bonchev–Trinajstić information content (AvgIpc) is 3.00. The van der Waals surface area contributed by atoms with Gasteiger partial charge in [0.05, 0.1) is 5.56 Å². The molecule has 2 aliphatic rings. The van der Waals surface area contributed by atoms with E-state index >= 15 is 0 Å². The lowest BCUT2D eigenvalue weighted by molar-refractivity contribution is 0.0710. The zero-order chi connectivity index (χ0) is 14.3. The first-order chi connectivity index (χ1) is 9.61. The van der Waals surface area contributed by atoms with Gasteiger partial charge in [0.2, 0.25) is 0 Å². The molecule has 2 aliphatic heterocycles. The molecule has 0 aromatic heterocycles. The van der Waals surface area contributed by atoms with Crippen molar-refractivity contribution >= 4 is 40.1 Å². The van der Waals surface area contributed by atoms with Crippen LogP contribution in [0, 0.1) is 15.4 Å². The van der Waals surface area contributed by atoms with E-state index < -0.39 is 0 Å². The third kappa shape index (κ3) is 2.46. The molecule has 0 aliphatic carbocycles. The van der Waals surface area contributed by atoms with Crippen LogP contribution in [0.15, 0.2) is 18.2 Å². The third-order valence-corrected chi connectivity index (χ3v) is 5.73. The maximum atomic E-state index is 12.9. The van der Waals surface area contributed by atoms with E-state index in [9.17, 15) is 4.79 Å². The maximum absolute atomic E-state index is 12.9. The standard InChI is InChI=1S/C15H18ClIN2O/c1-2-14-12-7-18-6-9(12)8-19(14)15(20)11-5-10(16)3-4-13(11)17/h3-5,9,12,14,18H,2,6-8H2,1H3. The molecule has 3 rings (SSSR count). The Bertz CT molecular complexity index is 537. The van der Waals surface area contributed by atoms with Gasteiger partial charge in [0.1, 0.15) is 0 Å². The molecule has 2 fully saturated rings. The van der Waals surface area contributed by atoms with Crippen LogP contribution in [0.25, 0.3) is 0 Å². The van der Waals surface area contributed by atoms with Crippen molar-refractivity contribution in [2.24, 2.45) is 11.8 Å². The van der Waals surface area contributed by atoms with Crippen LogP contribution >= 0.6 is 34.2 Å². The molecular formula is C15H18ClIN2O. The minimum Gasteiger partial charge on any atom is -0.335 e. The fourth-order valence-electron chi connectivity index (χ4n) is 3.60. The molecule has 3 unspecified atom stereocenters. The Morgan fingerprint density at radius 3 is 3.05 bits per heavy atom. The number of hydrogen-bond donors (Lipinski definition) is 1. The van der Waals surface area contributed by atoms with Gasteiger partial charge < -0.3 is 10.2 Å². The second-order valence-corrected chi connectivity index (χ2v) is 7.24. The van der Waals surface area contributed by atoms with E-state index in [4.69, 9.17) is 11.6 Å². The van der Waals surface area contributed by atoms with Gasteiger partial charge in [-0.25, -0.2) is 0 Å². The summed E-state index contributed by atoms with van der Waals surface area (Å²) in [6.07, 6.45) is 1.02. The van der Waals surface area contributed by atoms with Crippen molar-refractivity contribution in [1.82, 2.24) is 10.2 Å². The highest BCUT2D eigenvalue weighted by atomic mass is 127. The molecule has 0 radical (unpaired) electrons. The predicted octanol–water partition coefficient (Wildman–Crippen LogP) is 3.01. The van der Waals surface area contributed by atoms with Crippen molar-refractivity contribution in [1.29, 1.82) is 0 Å². The third-order valence-electron chi connectivity index (χ3n) is 4.56. The van der Waals surface area contributed by atoms with Crippen molar-refractivity contribution in [2.45, 2.75) is 19.4 Å². The zero-order valence-corrected chi connectivity index (χ0v) is 14.3. The van der Waals surface area contributed by atoms with E-state index in [0.29, 0.717) is 22.9 Å². The summed E-state index contributed by atoms with van der Waals surface area (Å²) >= 11 is 8.26. The number of hydrogen-bond acceptors (Lipinski definition) is 2. The van der Waals surface area contributed by atoms with E-state index in [1.807, 2.05) is 12.1 Å². The number of likely N-dealkylation sites (tertiary alicyclic amines) is 1. The number of nitrogens with zero attached hydrogens (tertiary/aromatic N) is 1. The summed E-state index contributed by atoms with van der Waals surface area (Å²) in [5.41, 5.74) is 0.740. The van der Waals surface area contributed by atoms with Gasteiger partial charge in [-0.1, -0.05) is 18.5 Å². The fraction of sp³-hybridized carbons (Fsp3) is 0.533. The SMILES string of the molecule is CCC1C2CNCC2CN1C(=O)c1cc(Cl)ccc1I. The largest absolute Gasteiger partial charge is 0.335 e. The van der Waals surface area contributed by atoms with Crippen molar-refractivity contribution in [3.63, 3.8) is 0 Å². The molecule has 1 aromatic carbocycles. The summed E-state index contributed by atoms with van der Waals surface area (Å²) in [6, 6.07) is 5.90. The van der Waals surface area contributed by atoms with Gasteiger partial charge in [0, 0.05) is 34.3 Å². The second kappa shape index (κ2) is 5.81. The maximum Gasteiger partial charge on any atom is 0.255 e. The van der Waals surface area contributed by atoms with E-state index in [1.54, 1.807) is 6.07 Å². The van der Waals surface area contributed by atoms with E-state index in [-0.39, 0.29) is 5.91 Å². The van der Waals surface area contributed by atoms with Gasteiger partial charge in [-0.15, -0.1) is 0 Å². The lowest BCUT2D eigenvalue weighted by Gasteiger charge is -2.27. The number of carbonyl (C=O) groups is 1. The van der Waals surface area contributed by atoms with E-state index in [2.05, 4.69) is 39.7 Å². The predicted molar refractivity (Wildman–Crippen MR) is 89.1 cm³/mol. The summed E-state index contributed by atoms with van der Waals surface area (Å²) in [5, 5.41) is 4.08. The molecule has 2 heterocycles. The van der Waals surface area contributed by atoms with Gasteiger partial charge in [-0.3, -0.25) is 4.79 Å². The molecule has 20 heavy (non-hydrogen) atoms. The smallest absolute Gasteiger partial charge is 0.255 e. The minimum absolute atomic E-state index is 0.137. The fourth-order valence-corrected chi connectivity index (χ4v) is 4.33. The molecule has 1 amide bonds. The monoisotopic (exact) mass is 404 g/mol. The summed E-state index contributed by atoms with van der Waals surface area (Å²) in [6.45, 7) is 5.13. The molecule has 5 heteroatoms. The van der Waals surface area contributed by atoms with Crippen molar-refractivity contribution < 1.29 is 4.79 Å². The first-order valence-electron chi connectivity index (χ1n) is 7.08. The number of rotatable bonds is 2. The molecule has 2 saturated heterocycles. The Morgan fingerprint density at radius 1 is 1.50 bits per heavy atom. The van der Waals surface area contributed by atoms with Crippen LogP contribution in [0.5, 0.6) is 0 Å². The number of nitrogens with one attached hydrogen (secondary N) is 1. The molecule has 0 bridgehead atoms. The van der Waals surface area contributed by atoms with E-state index in [0.717, 1.165) is 35.2 Å². The number of fused-ring (bicyclic) bond motifs is 1. The second-order valence-electron chi connectivity index (χ2n) is 5.64. The van der Waals surface area contributed by atoms with Gasteiger partial charge >= 0.3 is 0 Å². The van der Waals surface area contributed by atoms with Crippen molar-refractivity contribution in [3.05, 3.63) is 32.4 Å². The van der Waals surface area contributed by atoms with Crippen LogP contribution in [0.4, 0.5) is 0 Å². The number of carbonyl (C=O) groups excluding carboxylic acids is 1. The Morgan fingerprint density at radius 2 is 2.30 bits per heavy atom. The summed E-state index contributed by atoms with van der Waals surface area (Å²) in [7, 11) is 0. The Labute approximate surface area is 138 Å². The molecule has 108 valence electrons. The topological polar surface area (TPSA) is 32.3 Å². The lowest BCUT2D eigenvalue weighted by Crippen LogP contribution is -2.39. The molecule has 3 nitrogen and oxygen atoms in total. The van der Waals surface area contributed by atoms with Crippen molar-refractivity contribution in [2.75, 3.05) is 19.6 Å². The summed E-state index contributed by atoms with van der Waals surface area (Å²) in [5.74, 6) is 1.36. The quantitative estimate of drug-likeness (QED) is 0.769. The van der Waals surface area contributed by atoms with Crippen LogP contribution in [0.1, 0.15) is 23.7 Å². The van der Waals surface area contributed by atoms with E-state index in [1.165, 1.54) is 0 Å². The van der Waals surface area contributed by atoms with Crippen LogP contribution in [-0.2, 0) is 0 Å². The molecule has 1 aromatic rings. The first kappa shape index (κ1) is 14.6. The highest BCUT2D eigenvalue weighted by molar-refractivity contribution is 14.1. The van der Waals surface area contributed by atoms with Gasteiger partial charge in [-0.05, 0) is 59.0 Å².